The van der Waals surface area contributed by atoms with Crippen molar-refractivity contribution >= 4 is 17.3 Å². The van der Waals surface area contributed by atoms with Crippen LogP contribution in [-0.4, -0.2) is 6.61 Å². The van der Waals surface area contributed by atoms with E-state index < -0.39 is 12.4 Å². The lowest BCUT2D eigenvalue weighted by Gasteiger charge is -2.17. The third-order valence-corrected chi connectivity index (χ3v) is 3.24. The van der Waals surface area contributed by atoms with Crippen molar-refractivity contribution in [3.05, 3.63) is 58.9 Å². The van der Waals surface area contributed by atoms with E-state index in [2.05, 4.69) is 10.1 Å². The fraction of sp³-hybridized carbons (Fsp3) is 0.200. The van der Waals surface area contributed by atoms with Gasteiger partial charge in [-0.25, -0.2) is 4.39 Å². The van der Waals surface area contributed by atoms with Gasteiger partial charge >= 0.3 is 6.61 Å². The lowest BCUT2D eigenvalue weighted by molar-refractivity contribution is -0.0498. The second kappa shape index (κ2) is 6.72. The van der Waals surface area contributed by atoms with Gasteiger partial charge in [0.2, 0.25) is 0 Å². The molecule has 2 rings (SSSR count). The molecule has 112 valence electrons. The summed E-state index contributed by atoms with van der Waals surface area (Å²) in [7, 11) is 0. The maximum atomic E-state index is 13.7. The average molecular weight is 316 g/mol. The molecule has 0 amide bonds. The Morgan fingerprint density at radius 2 is 1.76 bits per heavy atom. The van der Waals surface area contributed by atoms with E-state index in [1.165, 1.54) is 24.3 Å². The first-order valence-corrected chi connectivity index (χ1v) is 6.60. The van der Waals surface area contributed by atoms with Crippen LogP contribution in [0.5, 0.6) is 5.75 Å². The Hall–Kier alpha value is -1.88. The topological polar surface area (TPSA) is 21.3 Å². The van der Waals surface area contributed by atoms with Crippen LogP contribution in [0.1, 0.15) is 18.5 Å². The van der Waals surface area contributed by atoms with Crippen LogP contribution in [0.4, 0.5) is 18.9 Å². The van der Waals surface area contributed by atoms with Crippen LogP contribution in [0.25, 0.3) is 0 Å². The van der Waals surface area contributed by atoms with Gasteiger partial charge in [0.05, 0.1) is 10.7 Å². The molecule has 1 atom stereocenters. The van der Waals surface area contributed by atoms with E-state index in [9.17, 15) is 13.2 Å². The first kappa shape index (κ1) is 15.5. The third-order valence-electron chi connectivity index (χ3n) is 2.93. The molecular formula is C15H13ClF3NO. The largest absolute Gasteiger partial charge is 0.435 e. The summed E-state index contributed by atoms with van der Waals surface area (Å²) in [6.45, 7) is -1.05. The number of ether oxygens (including phenoxy) is 1. The zero-order chi connectivity index (χ0) is 15.4. The molecule has 21 heavy (non-hydrogen) atoms. The maximum Gasteiger partial charge on any atom is 0.387 e. The molecule has 2 aromatic rings. The molecule has 0 fully saturated rings. The highest BCUT2D eigenvalue weighted by molar-refractivity contribution is 6.33. The van der Waals surface area contributed by atoms with E-state index in [1.54, 1.807) is 18.2 Å². The second-order valence-corrected chi connectivity index (χ2v) is 4.82. The quantitative estimate of drug-likeness (QED) is 0.813. The van der Waals surface area contributed by atoms with Gasteiger partial charge in [-0.3, -0.25) is 0 Å². The van der Waals surface area contributed by atoms with Crippen molar-refractivity contribution in [3.63, 3.8) is 0 Å². The van der Waals surface area contributed by atoms with Gasteiger partial charge in [0.1, 0.15) is 11.6 Å². The zero-order valence-electron chi connectivity index (χ0n) is 11.1. The van der Waals surface area contributed by atoms with Gasteiger partial charge in [-0.05, 0) is 36.8 Å². The molecule has 0 aliphatic rings. The average Bonchev–Trinajstić information content (AvgIpc) is 2.43. The minimum Gasteiger partial charge on any atom is -0.435 e. The Balaban J connectivity index is 2.11. The standard InChI is InChI=1S/C15H13ClF3NO/c1-9(20-14-12(16)3-2-4-13(14)17)10-5-7-11(8-6-10)21-15(18)19/h2-9,15,20H,1H3. The summed E-state index contributed by atoms with van der Waals surface area (Å²) in [6.07, 6.45) is 0. The van der Waals surface area contributed by atoms with Crippen molar-refractivity contribution in [2.75, 3.05) is 5.32 Å². The minimum atomic E-state index is -2.86. The third kappa shape index (κ3) is 4.04. The van der Waals surface area contributed by atoms with E-state index in [1.807, 2.05) is 6.92 Å². The van der Waals surface area contributed by atoms with Crippen molar-refractivity contribution in [2.45, 2.75) is 19.6 Å². The van der Waals surface area contributed by atoms with Crippen LogP contribution in [0.15, 0.2) is 42.5 Å². The highest BCUT2D eigenvalue weighted by atomic mass is 35.5. The van der Waals surface area contributed by atoms with Crippen LogP contribution >= 0.6 is 11.6 Å². The van der Waals surface area contributed by atoms with Gasteiger partial charge < -0.3 is 10.1 Å². The molecular weight excluding hydrogens is 303 g/mol. The Morgan fingerprint density at radius 1 is 1.10 bits per heavy atom. The van der Waals surface area contributed by atoms with Crippen LogP contribution in [0, 0.1) is 5.82 Å². The summed E-state index contributed by atoms with van der Waals surface area (Å²) in [5.74, 6) is -0.378. The summed E-state index contributed by atoms with van der Waals surface area (Å²) in [6, 6.07) is 10.3. The SMILES string of the molecule is CC(Nc1c(F)cccc1Cl)c1ccc(OC(F)F)cc1. The molecule has 6 heteroatoms. The van der Waals surface area contributed by atoms with Crippen molar-refractivity contribution in [2.24, 2.45) is 0 Å². The van der Waals surface area contributed by atoms with Gasteiger partial charge in [-0.15, -0.1) is 0 Å². The summed E-state index contributed by atoms with van der Waals surface area (Å²) in [4.78, 5) is 0. The van der Waals surface area contributed by atoms with Gasteiger partial charge in [-0.2, -0.15) is 8.78 Å². The Kier molecular flexibility index (Phi) is 4.96. The van der Waals surface area contributed by atoms with E-state index in [-0.39, 0.29) is 22.5 Å². The van der Waals surface area contributed by atoms with Gasteiger partial charge in [0.15, 0.2) is 0 Å². The molecule has 0 saturated heterocycles. The van der Waals surface area contributed by atoms with Crippen molar-refractivity contribution in [1.29, 1.82) is 0 Å². The lowest BCUT2D eigenvalue weighted by Crippen LogP contribution is -2.08. The fourth-order valence-corrected chi connectivity index (χ4v) is 2.09. The van der Waals surface area contributed by atoms with Crippen molar-refractivity contribution < 1.29 is 17.9 Å². The van der Waals surface area contributed by atoms with Gasteiger partial charge in [0.25, 0.3) is 0 Å². The van der Waals surface area contributed by atoms with Crippen LogP contribution in [0.2, 0.25) is 5.02 Å². The molecule has 0 aliphatic heterocycles. The highest BCUT2D eigenvalue weighted by Gasteiger charge is 2.12. The molecule has 0 bridgehead atoms. The number of halogens is 4. The van der Waals surface area contributed by atoms with E-state index in [0.717, 1.165) is 5.56 Å². The Labute approximate surface area is 125 Å². The molecule has 0 aromatic heterocycles. The zero-order valence-corrected chi connectivity index (χ0v) is 11.9. The molecule has 0 radical (unpaired) electrons. The maximum absolute atomic E-state index is 13.7. The first-order chi connectivity index (χ1) is 9.97. The number of rotatable bonds is 5. The molecule has 1 unspecified atom stereocenters. The van der Waals surface area contributed by atoms with Gasteiger partial charge in [0, 0.05) is 6.04 Å². The Morgan fingerprint density at radius 3 is 2.33 bits per heavy atom. The number of anilines is 1. The predicted octanol–water partition coefficient (Wildman–Crippen LogP) is 5.25. The first-order valence-electron chi connectivity index (χ1n) is 6.22. The summed E-state index contributed by atoms with van der Waals surface area (Å²) in [5, 5.41) is 3.24. The number of hydrogen-bond acceptors (Lipinski definition) is 2. The summed E-state index contributed by atoms with van der Waals surface area (Å²) >= 11 is 5.94. The van der Waals surface area contributed by atoms with Crippen LogP contribution in [-0.2, 0) is 0 Å². The van der Waals surface area contributed by atoms with E-state index in [0.29, 0.717) is 0 Å². The monoisotopic (exact) mass is 315 g/mol. The van der Waals surface area contributed by atoms with E-state index in [4.69, 9.17) is 11.6 Å². The minimum absolute atomic E-state index is 0.0740. The predicted molar refractivity (Wildman–Crippen MR) is 76.5 cm³/mol. The normalized spacial score (nSPS) is 12.3. The van der Waals surface area contributed by atoms with E-state index >= 15 is 0 Å². The number of nitrogens with one attached hydrogen (secondary N) is 1. The fourth-order valence-electron chi connectivity index (χ4n) is 1.87. The molecule has 0 saturated carbocycles. The van der Waals surface area contributed by atoms with Crippen molar-refractivity contribution in [3.8, 4) is 5.75 Å². The molecule has 2 aromatic carbocycles. The molecule has 0 heterocycles. The second-order valence-electron chi connectivity index (χ2n) is 4.41. The molecule has 0 aliphatic carbocycles. The summed E-state index contributed by atoms with van der Waals surface area (Å²) in [5.41, 5.74) is 0.996. The molecule has 1 N–H and O–H groups in total. The number of alkyl halides is 2. The van der Waals surface area contributed by atoms with Crippen LogP contribution in [0.3, 0.4) is 0 Å². The molecule has 0 spiro atoms. The number of hydrogen-bond donors (Lipinski definition) is 1. The lowest BCUT2D eigenvalue weighted by atomic mass is 10.1. The highest BCUT2D eigenvalue weighted by Crippen LogP contribution is 2.29. The number of benzene rings is 2. The van der Waals surface area contributed by atoms with Crippen molar-refractivity contribution in [1.82, 2.24) is 0 Å². The molecule has 2 nitrogen and oxygen atoms in total. The van der Waals surface area contributed by atoms with Gasteiger partial charge in [-0.1, -0.05) is 29.8 Å². The summed E-state index contributed by atoms with van der Waals surface area (Å²) < 4.78 is 42.1. The smallest absolute Gasteiger partial charge is 0.387 e. The van der Waals surface area contributed by atoms with Crippen LogP contribution < -0.4 is 10.1 Å². The number of para-hydroxylation sites is 1. The Bertz CT molecular complexity index is 584.